The van der Waals surface area contributed by atoms with Crippen molar-refractivity contribution in [1.82, 2.24) is 9.47 Å². The number of rotatable bonds is 4. The third-order valence-corrected chi connectivity index (χ3v) is 3.74. The van der Waals surface area contributed by atoms with E-state index in [2.05, 4.69) is 0 Å². The summed E-state index contributed by atoms with van der Waals surface area (Å²) >= 11 is 0. The van der Waals surface area contributed by atoms with Gasteiger partial charge in [-0.15, -0.1) is 0 Å². The molecule has 0 aliphatic rings. The Morgan fingerprint density at radius 2 is 1.89 bits per heavy atom. The predicted octanol–water partition coefficient (Wildman–Crippen LogP) is 1.50. The smallest absolute Gasteiger partial charge is 0.337 e. The van der Waals surface area contributed by atoms with Gasteiger partial charge >= 0.3 is 5.97 Å². The summed E-state index contributed by atoms with van der Waals surface area (Å²) < 4.78 is 1.54. The molecule has 19 heavy (non-hydrogen) atoms. The molecule has 5 heteroatoms. The van der Waals surface area contributed by atoms with Crippen molar-refractivity contribution in [3.8, 4) is 0 Å². The highest BCUT2D eigenvalue weighted by Gasteiger charge is 2.24. The molecule has 0 saturated heterocycles. The summed E-state index contributed by atoms with van der Waals surface area (Å²) in [6.07, 6.45) is 0. The van der Waals surface area contributed by atoms with Gasteiger partial charge in [-0.25, -0.2) is 4.79 Å². The number of hydrogen-bond acceptors (Lipinski definition) is 3. The van der Waals surface area contributed by atoms with Gasteiger partial charge in [0, 0.05) is 23.8 Å². The molecule has 0 radical (unpaired) electrons. The fourth-order valence-electron chi connectivity index (χ4n) is 1.97. The van der Waals surface area contributed by atoms with Crippen LogP contribution in [0.1, 0.15) is 35.5 Å². The van der Waals surface area contributed by atoms with Crippen LogP contribution in [0.2, 0.25) is 0 Å². The van der Waals surface area contributed by atoms with Crippen LogP contribution in [0.4, 0.5) is 0 Å². The lowest BCUT2D eigenvalue weighted by Gasteiger charge is -2.34. The van der Waals surface area contributed by atoms with Gasteiger partial charge in [0.15, 0.2) is 0 Å². The van der Waals surface area contributed by atoms with Gasteiger partial charge in [-0.05, 0) is 47.4 Å². The summed E-state index contributed by atoms with van der Waals surface area (Å²) in [7, 11) is 3.87. The van der Waals surface area contributed by atoms with Crippen molar-refractivity contribution in [2.45, 2.75) is 39.8 Å². The number of carbonyl (C=O) groups is 1. The second kappa shape index (κ2) is 5.17. The lowest BCUT2D eigenvalue weighted by Crippen LogP contribution is -2.45. The van der Waals surface area contributed by atoms with Crippen molar-refractivity contribution in [3.05, 3.63) is 33.2 Å². The van der Waals surface area contributed by atoms with Gasteiger partial charge in [-0.3, -0.25) is 4.79 Å². The van der Waals surface area contributed by atoms with Crippen molar-refractivity contribution in [2.24, 2.45) is 0 Å². The van der Waals surface area contributed by atoms with Crippen LogP contribution in [0.3, 0.4) is 0 Å². The highest BCUT2D eigenvalue weighted by Crippen LogP contribution is 2.17. The maximum absolute atomic E-state index is 12.1. The quantitative estimate of drug-likeness (QED) is 0.897. The zero-order valence-corrected chi connectivity index (χ0v) is 12.4. The largest absolute Gasteiger partial charge is 0.478 e. The number of carboxylic acid groups (broad SMARTS) is 1. The molecule has 0 aromatic carbocycles. The fourth-order valence-corrected chi connectivity index (χ4v) is 1.97. The maximum Gasteiger partial charge on any atom is 0.337 e. The zero-order chi connectivity index (χ0) is 15.0. The van der Waals surface area contributed by atoms with Crippen LogP contribution >= 0.6 is 0 Å². The summed E-state index contributed by atoms with van der Waals surface area (Å²) in [5.74, 6) is -0.994. The molecule has 0 spiro atoms. The van der Waals surface area contributed by atoms with Crippen LogP contribution in [0.5, 0.6) is 0 Å². The predicted molar refractivity (Wildman–Crippen MR) is 74.9 cm³/mol. The van der Waals surface area contributed by atoms with Crippen LogP contribution < -0.4 is 5.56 Å². The molecule has 1 heterocycles. The molecule has 0 aliphatic carbocycles. The van der Waals surface area contributed by atoms with Gasteiger partial charge in [0.2, 0.25) is 0 Å². The Labute approximate surface area is 113 Å². The number of pyridine rings is 1. The molecule has 0 unspecified atom stereocenters. The minimum absolute atomic E-state index is 0.157. The third-order valence-electron chi connectivity index (χ3n) is 3.74. The van der Waals surface area contributed by atoms with Gasteiger partial charge in [0.1, 0.15) is 0 Å². The first-order valence-corrected chi connectivity index (χ1v) is 6.19. The highest BCUT2D eigenvalue weighted by atomic mass is 16.4. The highest BCUT2D eigenvalue weighted by molar-refractivity contribution is 5.90. The summed E-state index contributed by atoms with van der Waals surface area (Å²) in [5, 5.41) is 9.24. The van der Waals surface area contributed by atoms with E-state index in [9.17, 15) is 14.7 Å². The first-order valence-electron chi connectivity index (χ1n) is 6.19. The number of aromatic carboxylic acids is 1. The van der Waals surface area contributed by atoms with Crippen molar-refractivity contribution in [1.29, 1.82) is 0 Å². The number of hydrogen-bond donors (Lipinski definition) is 1. The molecule has 5 nitrogen and oxygen atoms in total. The summed E-state index contributed by atoms with van der Waals surface area (Å²) in [5.41, 5.74) is 0.838. The number of carboxylic acids is 1. The summed E-state index contributed by atoms with van der Waals surface area (Å²) in [6.45, 7) is 7.81. The van der Waals surface area contributed by atoms with E-state index in [0.717, 1.165) is 0 Å². The number of aromatic nitrogens is 1. The topological polar surface area (TPSA) is 62.5 Å². The molecule has 106 valence electrons. The first-order chi connectivity index (χ1) is 8.58. The molecule has 0 atom stereocenters. The second-order valence-corrected chi connectivity index (χ2v) is 5.72. The Kier molecular flexibility index (Phi) is 4.20. The number of aryl methyl sites for hydroxylation is 1. The van der Waals surface area contributed by atoms with E-state index in [0.29, 0.717) is 17.8 Å². The Bertz CT molecular complexity index is 557. The van der Waals surface area contributed by atoms with Crippen LogP contribution in [0.25, 0.3) is 0 Å². The zero-order valence-electron chi connectivity index (χ0n) is 12.4. The van der Waals surface area contributed by atoms with E-state index in [1.165, 1.54) is 10.6 Å². The molecule has 1 N–H and O–H groups in total. The van der Waals surface area contributed by atoms with E-state index >= 15 is 0 Å². The molecule has 0 amide bonds. The SMILES string of the molecule is Cc1cc(=O)n(CC(C)(C)N(C)C)c(C)c1C(=O)O. The number of nitrogens with zero attached hydrogens (tertiary/aromatic N) is 2. The molecular formula is C14H22N2O3. The van der Waals surface area contributed by atoms with Gasteiger partial charge in [0.25, 0.3) is 5.56 Å². The Morgan fingerprint density at radius 1 is 1.37 bits per heavy atom. The molecule has 1 aromatic heterocycles. The summed E-state index contributed by atoms with van der Waals surface area (Å²) in [6, 6.07) is 1.39. The maximum atomic E-state index is 12.1. The van der Waals surface area contributed by atoms with Crippen molar-refractivity contribution in [3.63, 3.8) is 0 Å². The Balaban J connectivity index is 3.42. The Morgan fingerprint density at radius 3 is 2.32 bits per heavy atom. The molecule has 0 fully saturated rings. The molecule has 1 rings (SSSR count). The van der Waals surface area contributed by atoms with Crippen LogP contribution in [-0.2, 0) is 6.54 Å². The minimum Gasteiger partial charge on any atom is -0.478 e. The van der Waals surface area contributed by atoms with E-state index < -0.39 is 5.97 Å². The standard InChI is InChI=1S/C14H22N2O3/c1-9-7-11(17)16(8-14(3,4)15(5)6)10(2)12(9)13(18)19/h7H,8H2,1-6H3,(H,18,19). The van der Waals surface area contributed by atoms with E-state index in [4.69, 9.17) is 0 Å². The average Bonchev–Trinajstić information content (AvgIpc) is 2.23. The van der Waals surface area contributed by atoms with Gasteiger partial charge in [-0.1, -0.05) is 0 Å². The van der Waals surface area contributed by atoms with Crippen molar-refractivity contribution < 1.29 is 9.90 Å². The lowest BCUT2D eigenvalue weighted by molar-refractivity contribution is 0.0693. The third kappa shape index (κ3) is 3.04. The normalized spacial score (nSPS) is 11.9. The molecule has 0 saturated carbocycles. The van der Waals surface area contributed by atoms with Crippen molar-refractivity contribution >= 4 is 5.97 Å². The summed E-state index contributed by atoms with van der Waals surface area (Å²) in [4.78, 5) is 25.4. The molecule has 0 aliphatic heterocycles. The number of likely N-dealkylation sites (N-methyl/N-ethyl adjacent to an activating group) is 1. The monoisotopic (exact) mass is 266 g/mol. The molecule has 1 aromatic rings. The van der Waals surface area contributed by atoms with Gasteiger partial charge in [-0.2, -0.15) is 0 Å². The van der Waals surface area contributed by atoms with Crippen LogP contribution in [0.15, 0.2) is 10.9 Å². The molecular weight excluding hydrogens is 244 g/mol. The van der Waals surface area contributed by atoms with E-state index in [1.807, 2.05) is 32.8 Å². The van der Waals surface area contributed by atoms with Crippen molar-refractivity contribution in [2.75, 3.05) is 14.1 Å². The molecule has 0 bridgehead atoms. The van der Waals surface area contributed by atoms with E-state index in [1.54, 1.807) is 13.8 Å². The van der Waals surface area contributed by atoms with Crippen LogP contribution in [-0.4, -0.2) is 40.2 Å². The van der Waals surface area contributed by atoms with Crippen LogP contribution in [0, 0.1) is 13.8 Å². The van der Waals surface area contributed by atoms with Gasteiger partial charge in [0.05, 0.1) is 5.56 Å². The van der Waals surface area contributed by atoms with E-state index in [-0.39, 0.29) is 16.7 Å². The Hall–Kier alpha value is -1.62. The van der Waals surface area contributed by atoms with Gasteiger partial charge < -0.3 is 14.6 Å². The first kappa shape index (κ1) is 15.4. The second-order valence-electron chi connectivity index (χ2n) is 5.72. The average molecular weight is 266 g/mol. The lowest BCUT2D eigenvalue weighted by atomic mass is 10.0. The fraction of sp³-hybridized carbons (Fsp3) is 0.571. The minimum atomic E-state index is -0.994.